The van der Waals surface area contributed by atoms with Gasteiger partial charge in [0.25, 0.3) is 0 Å². The highest BCUT2D eigenvalue weighted by Crippen LogP contribution is 2.26. The second kappa shape index (κ2) is 9.60. The fourth-order valence-corrected chi connectivity index (χ4v) is 3.56. The number of likely N-dealkylation sites (tertiary alicyclic amines) is 1. The van der Waals surface area contributed by atoms with Gasteiger partial charge >= 0.3 is 0 Å². The fraction of sp³-hybridized carbons (Fsp3) is 0.500. The third-order valence-corrected chi connectivity index (χ3v) is 5.22. The predicted molar refractivity (Wildman–Crippen MR) is 106 cm³/mol. The first-order valence-corrected chi connectivity index (χ1v) is 9.91. The van der Waals surface area contributed by atoms with Crippen molar-refractivity contribution in [2.45, 2.75) is 39.2 Å². The molecule has 1 aliphatic heterocycles. The lowest BCUT2D eigenvalue weighted by molar-refractivity contribution is -0.120. The molecule has 27 heavy (non-hydrogen) atoms. The van der Waals surface area contributed by atoms with Gasteiger partial charge in [0, 0.05) is 6.54 Å². The maximum atomic E-state index is 12.4. The summed E-state index contributed by atoms with van der Waals surface area (Å²) >= 11 is 0. The Bertz CT molecular complexity index is 689. The number of nitrogens with one attached hydrogen (secondary N) is 1. The fourth-order valence-electron chi connectivity index (χ4n) is 3.56. The quantitative estimate of drug-likeness (QED) is 0.768. The number of nitrogens with zero attached hydrogens (tertiary/aromatic N) is 1. The molecule has 0 spiro atoms. The van der Waals surface area contributed by atoms with Crippen LogP contribution in [0, 0.1) is 5.92 Å². The van der Waals surface area contributed by atoms with Crippen molar-refractivity contribution in [1.82, 2.24) is 10.2 Å². The van der Waals surface area contributed by atoms with E-state index >= 15 is 0 Å². The monoisotopic (exact) mass is 370 g/mol. The molecule has 0 aliphatic carbocycles. The Balaban J connectivity index is 1.55. The zero-order chi connectivity index (χ0) is 19.1. The summed E-state index contributed by atoms with van der Waals surface area (Å²) in [5.41, 5.74) is 0.984. The van der Waals surface area contributed by atoms with Gasteiger partial charge in [0.1, 0.15) is 11.5 Å². The van der Waals surface area contributed by atoms with Gasteiger partial charge in [-0.15, -0.1) is 0 Å². The molecule has 1 aromatic heterocycles. The number of rotatable bonds is 8. The van der Waals surface area contributed by atoms with Gasteiger partial charge < -0.3 is 14.5 Å². The van der Waals surface area contributed by atoms with Crippen LogP contribution in [0.4, 0.5) is 0 Å². The van der Waals surface area contributed by atoms with E-state index in [-0.39, 0.29) is 11.9 Å². The molecule has 1 saturated heterocycles. The average molecular weight is 370 g/mol. The molecule has 146 valence electrons. The molecule has 1 aliphatic rings. The van der Waals surface area contributed by atoms with E-state index < -0.39 is 0 Å². The van der Waals surface area contributed by atoms with E-state index in [0.29, 0.717) is 19.6 Å². The molecule has 2 heterocycles. The first kappa shape index (κ1) is 19.5. The summed E-state index contributed by atoms with van der Waals surface area (Å²) in [5.74, 6) is 2.55. The zero-order valence-corrected chi connectivity index (χ0v) is 16.3. The van der Waals surface area contributed by atoms with Crippen LogP contribution in [0.3, 0.4) is 0 Å². The van der Waals surface area contributed by atoms with E-state index in [2.05, 4.69) is 17.1 Å². The van der Waals surface area contributed by atoms with Crippen molar-refractivity contribution in [2.75, 3.05) is 26.2 Å². The van der Waals surface area contributed by atoms with Gasteiger partial charge in [-0.1, -0.05) is 19.1 Å². The van der Waals surface area contributed by atoms with E-state index in [1.807, 2.05) is 43.3 Å². The second-order valence-electron chi connectivity index (χ2n) is 7.31. The Hall–Kier alpha value is -2.27. The van der Waals surface area contributed by atoms with Crippen LogP contribution in [0.5, 0.6) is 5.75 Å². The Kier molecular flexibility index (Phi) is 6.93. The summed E-state index contributed by atoms with van der Waals surface area (Å²) in [6.45, 7) is 7.56. The van der Waals surface area contributed by atoms with Crippen LogP contribution >= 0.6 is 0 Å². The number of ether oxygens (including phenoxy) is 1. The third kappa shape index (κ3) is 5.60. The molecule has 5 nitrogen and oxygen atoms in total. The van der Waals surface area contributed by atoms with Crippen LogP contribution in [0.25, 0.3) is 0 Å². The first-order valence-electron chi connectivity index (χ1n) is 9.91. The van der Waals surface area contributed by atoms with Crippen molar-refractivity contribution < 1.29 is 13.9 Å². The largest absolute Gasteiger partial charge is 0.494 e. The SMILES string of the molecule is CCOc1ccc(CC(=O)NCC(c2ccco2)N2CCC(C)CC2)cc1. The van der Waals surface area contributed by atoms with Gasteiger partial charge in [0.05, 0.1) is 25.3 Å². The number of amides is 1. The zero-order valence-electron chi connectivity index (χ0n) is 16.3. The molecule has 1 fully saturated rings. The standard InChI is InChI=1S/C22H30N2O3/c1-3-26-19-8-6-18(7-9-19)15-22(25)23-16-20(21-5-4-14-27-21)24-12-10-17(2)11-13-24/h4-9,14,17,20H,3,10-13,15-16H2,1-2H3,(H,23,25). The lowest BCUT2D eigenvalue weighted by atomic mass is 9.97. The highest BCUT2D eigenvalue weighted by atomic mass is 16.5. The van der Waals surface area contributed by atoms with Gasteiger partial charge in [0.15, 0.2) is 0 Å². The van der Waals surface area contributed by atoms with Crippen molar-refractivity contribution in [3.05, 3.63) is 54.0 Å². The smallest absolute Gasteiger partial charge is 0.224 e. The number of furan rings is 1. The van der Waals surface area contributed by atoms with Crippen molar-refractivity contribution in [3.63, 3.8) is 0 Å². The van der Waals surface area contributed by atoms with Crippen LogP contribution in [0.2, 0.25) is 0 Å². The predicted octanol–water partition coefficient (Wildman–Crippen LogP) is 3.81. The summed E-state index contributed by atoms with van der Waals surface area (Å²) in [4.78, 5) is 14.9. The van der Waals surface area contributed by atoms with Crippen LogP contribution in [0.15, 0.2) is 47.1 Å². The molecule has 0 saturated carbocycles. The summed E-state index contributed by atoms with van der Waals surface area (Å²) in [5, 5.41) is 3.10. The lowest BCUT2D eigenvalue weighted by Gasteiger charge is -2.35. The summed E-state index contributed by atoms with van der Waals surface area (Å²) in [6.07, 6.45) is 4.46. The normalized spacial score (nSPS) is 16.8. The van der Waals surface area contributed by atoms with E-state index in [0.717, 1.165) is 36.1 Å². The Labute approximate surface area is 161 Å². The minimum atomic E-state index is 0.0288. The van der Waals surface area contributed by atoms with Crippen LogP contribution in [0.1, 0.15) is 44.1 Å². The van der Waals surface area contributed by atoms with Crippen LogP contribution in [-0.4, -0.2) is 37.0 Å². The first-order chi connectivity index (χ1) is 13.2. The van der Waals surface area contributed by atoms with Gasteiger partial charge in [-0.05, 0) is 68.6 Å². The third-order valence-electron chi connectivity index (χ3n) is 5.22. The number of carbonyl (C=O) groups excluding carboxylic acids is 1. The maximum absolute atomic E-state index is 12.4. The molecule has 2 aromatic rings. The Morgan fingerprint density at radius 1 is 1.26 bits per heavy atom. The highest BCUT2D eigenvalue weighted by molar-refractivity contribution is 5.78. The number of hydrogen-bond acceptors (Lipinski definition) is 4. The van der Waals surface area contributed by atoms with E-state index in [1.165, 1.54) is 12.8 Å². The highest BCUT2D eigenvalue weighted by Gasteiger charge is 2.26. The van der Waals surface area contributed by atoms with Gasteiger partial charge in [0.2, 0.25) is 5.91 Å². The maximum Gasteiger partial charge on any atom is 0.224 e. The molecule has 1 N–H and O–H groups in total. The molecule has 1 amide bonds. The van der Waals surface area contributed by atoms with Crippen molar-refractivity contribution in [3.8, 4) is 5.75 Å². The molecule has 1 atom stereocenters. The molecule has 5 heteroatoms. The lowest BCUT2D eigenvalue weighted by Crippen LogP contribution is -2.42. The summed E-state index contributed by atoms with van der Waals surface area (Å²) < 4.78 is 11.1. The molecule has 0 bridgehead atoms. The van der Waals surface area contributed by atoms with Crippen molar-refractivity contribution in [2.24, 2.45) is 5.92 Å². The van der Waals surface area contributed by atoms with E-state index in [4.69, 9.17) is 9.15 Å². The van der Waals surface area contributed by atoms with Gasteiger partial charge in [-0.2, -0.15) is 0 Å². The summed E-state index contributed by atoms with van der Waals surface area (Å²) in [6, 6.07) is 11.7. The van der Waals surface area contributed by atoms with E-state index in [9.17, 15) is 4.79 Å². The molecule has 0 radical (unpaired) electrons. The molecular formula is C22H30N2O3. The topological polar surface area (TPSA) is 54.7 Å². The van der Waals surface area contributed by atoms with Gasteiger partial charge in [-0.3, -0.25) is 9.69 Å². The Morgan fingerprint density at radius 3 is 2.63 bits per heavy atom. The molecule has 3 rings (SSSR count). The Morgan fingerprint density at radius 2 is 2.00 bits per heavy atom. The molecule has 1 unspecified atom stereocenters. The molecular weight excluding hydrogens is 340 g/mol. The number of piperidine rings is 1. The average Bonchev–Trinajstić information content (AvgIpc) is 3.20. The van der Waals surface area contributed by atoms with Crippen LogP contribution in [-0.2, 0) is 11.2 Å². The van der Waals surface area contributed by atoms with Crippen LogP contribution < -0.4 is 10.1 Å². The minimum absolute atomic E-state index is 0.0288. The number of hydrogen-bond donors (Lipinski definition) is 1. The van der Waals surface area contributed by atoms with Crippen molar-refractivity contribution in [1.29, 1.82) is 0 Å². The van der Waals surface area contributed by atoms with E-state index in [1.54, 1.807) is 6.26 Å². The van der Waals surface area contributed by atoms with Crippen molar-refractivity contribution >= 4 is 5.91 Å². The number of benzene rings is 1. The van der Waals surface area contributed by atoms with Gasteiger partial charge in [-0.25, -0.2) is 0 Å². The minimum Gasteiger partial charge on any atom is -0.494 e. The summed E-state index contributed by atoms with van der Waals surface area (Å²) in [7, 11) is 0. The molecule has 1 aromatic carbocycles. The second-order valence-corrected chi connectivity index (χ2v) is 7.31. The number of carbonyl (C=O) groups is 1.